The number of benzene rings is 3. The number of carbonyl (C=O) groups is 1. The molecule has 0 bridgehead atoms. The molecular weight excluding hydrogens is 394 g/mol. The molecule has 1 aliphatic carbocycles. The summed E-state index contributed by atoms with van der Waals surface area (Å²) in [5.74, 6) is 1.04. The van der Waals surface area contributed by atoms with Crippen molar-refractivity contribution in [3.63, 3.8) is 0 Å². The minimum Gasteiger partial charge on any atom is -0.352 e. The van der Waals surface area contributed by atoms with Crippen molar-refractivity contribution in [2.24, 2.45) is 5.92 Å². The second kappa shape index (κ2) is 8.83. The third-order valence-corrected chi connectivity index (χ3v) is 6.33. The highest BCUT2D eigenvalue weighted by Gasteiger charge is 2.26. The van der Waals surface area contributed by atoms with Crippen LogP contribution in [0.4, 0.5) is 11.5 Å². The van der Waals surface area contributed by atoms with Crippen LogP contribution in [0.5, 0.6) is 0 Å². The summed E-state index contributed by atoms with van der Waals surface area (Å²) in [4.78, 5) is 17.4. The van der Waals surface area contributed by atoms with Crippen LogP contribution in [0.3, 0.4) is 0 Å². The second-order valence-electron chi connectivity index (χ2n) is 8.63. The maximum Gasteiger partial charge on any atom is 0.223 e. The van der Waals surface area contributed by atoms with Gasteiger partial charge in [0.25, 0.3) is 0 Å². The lowest BCUT2D eigenvalue weighted by atomic mass is 9.83. The van der Waals surface area contributed by atoms with Gasteiger partial charge in [-0.1, -0.05) is 60.2 Å². The molecule has 0 saturated heterocycles. The molecular formula is C28H27N3O. The van der Waals surface area contributed by atoms with Crippen LogP contribution in [0.2, 0.25) is 0 Å². The molecule has 0 saturated carbocycles. The summed E-state index contributed by atoms with van der Waals surface area (Å²) in [6.45, 7) is 2.65. The van der Waals surface area contributed by atoms with Crippen LogP contribution in [-0.2, 0) is 24.2 Å². The number of carbonyl (C=O) groups excluding carboxylic acids is 1. The van der Waals surface area contributed by atoms with Gasteiger partial charge in [-0.3, -0.25) is 4.79 Å². The monoisotopic (exact) mass is 421 g/mol. The Bertz CT molecular complexity index is 1260. The van der Waals surface area contributed by atoms with Gasteiger partial charge in [0.1, 0.15) is 5.82 Å². The third-order valence-electron chi connectivity index (χ3n) is 6.33. The zero-order chi connectivity index (χ0) is 21.9. The molecule has 0 radical (unpaired) electrons. The molecule has 4 heteroatoms. The lowest BCUT2D eigenvalue weighted by Crippen LogP contribution is -2.33. The number of anilines is 2. The van der Waals surface area contributed by atoms with E-state index in [0.29, 0.717) is 6.54 Å². The number of pyridine rings is 1. The van der Waals surface area contributed by atoms with Gasteiger partial charge in [-0.25, -0.2) is 4.98 Å². The Balaban J connectivity index is 1.27. The van der Waals surface area contributed by atoms with Crippen molar-refractivity contribution in [2.75, 3.05) is 5.32 Å². The number of hydrogen-bond acceptors (Lipinski definition) is 3. The van der Waals surface area contributed by atoms with Crippen LogP contribution in [-0.4, -0.2) is 10.9 Å². The van der Waals surface area contributed by atoms with Gasteiger partial charge in [0.15, 0.2) is 0 Å². The van der Waals surface area contributed by atoms with E-state index in [9.17, 15) is 4.79 Å². The van der Waals surface area contributed by atoms with E-state index in [1.54, 1.807) is 0 Å². The molecule has 1 aromatic heterocycles. The second-order valence-corrected chi connectivity index (χ2v) is 8.63. The largest absolute Gasteiger partial charge is 0.352 e. The highest BCUT2D eigenvalue weighted by Crippen LogP contribution is 2.32. The maximum atomic E-state index is 12.8. The number of fused-ring (bicyclic) bond motifs is 2. The van der Waals surface area contributed by atoms with Crippen molar-refractivity contribution in [1.82, 2.24) is 10.3 Å². The van der Waals surface area contributed by atoms with E-state index in [0.717, 1.165) is 36.3 Å². The van der Waals surface area contributed by atoms with Crippen LogP contribution in [0.25, 0.3) is 10.8 Å². The third kappa shape index (κ3) is 4.35. The minimum atomic E-state index is 0.00358. The fourth-order valence-corrected chi connectivity index (χ4v) is 4.46. The van der Waals surface area contributed by atoms with Gasteiger partial charge in [-0.15, -0.1) is 0 Å². The maximum absolute atomic E-state index is 12.8. The molecule has 1 atom stereocenters. The van der Waals surface area contributed by atoms with Gasteiger partial charge < -0.3 is 10.6 Å². The summed E-state index contributed by atoms with van der Waals surface area (Å²) in [5, 5.41) is 9.05. The predicted octanol–water partition coefficient (Wildman–Crippen LogP) is 5.71. The van der Waals surface area contributed by atoms with Gasteiger partial charge in [-0.05, 0) is 71.8 Å². The Kier molecular flexibility index (Phi) is 5.59. The number of rotatable bonds is 5. The van der Waals surface area contributed by atoms with Crippen molar-refractivity contribution in [1.29, 1.82) is 0 Å². The van der Waals surface area contributed by atoms with E-state index in [1.165, 1.54) is 27.5 Å². The van der Waals surface area contributed by atoms with Crippen LogP contribution in [0, 0.1) is 12.8 Å². The lowest BCUT2D eigenvalue weighted by Gasteiger charge is -2.25. The highest BCUT2D eigenvalue weighted by molar-refractivity contribution is 5.86. The molecule has 32 heavy (non-hydrogen) atoms. The first kappa shape index (κ1) is 20.3. The molecule has 2 N–H and O–H groups in total. The summed E-state index contributed by atoms with van der Waals surface area (Å²) < 4.78 is 0. The molecule has 0 fully saturated rings. The Morgan fingerprint density at radius 1 is 1.00 bits per heavy atom. The number of hydrogen-bond donors (Lipinski definition) is 2. The highest BCUT2D eigenvalue weighted by atomic mass is 16.1. The number of nitrogens with zero attached hydrogens (tertiary/aromatic N) is 1. The normalized spacial score (nSPS) is 15.2. The first-order chi connectivity index (χ1) is 15.7. The number of nitrogens with one attached hydrogen (secondary N) is 2. The summed E-state index contributed by atoms with van der Waals surface area (Å²) >= 11 is 0. The zero-order valence-corrected chi connectivity index (χ0v) is 18.3. The van der Waals surface area contributed by atoms with E-state index in [-0.39, 0.29) is 11.8 Å². The average molecular weight is 422 g/mol. The quantitative estimate of drug-likeness (QED) is 0.434. The van der Waals surface area contributed by atoms with Crippen molar-refractivity contribution in [3.8, 4) is 0 Å². The van der Waals surface area contributed by atoms with E-state index >= 15 is 0 Å². The van der Waals surface area contributed by atoms with Crippen LogP contribution >= 0.6 is 0 Å². The smallest absolute Gasteiger partial charge is 0.223 e. The summed E-state index contributed by atoms with van der Waals surface area (Å²) in [6.07, 6.45) is 4.28. The minimum absolute atomic E-state index is 0.00358. The zero-order valence-electron chi connectivity index (χ0n) is 18.3. The molecule has 1 aliphatic rings. The van der Waals surface area contributed by atoms with Gasteiger partial charge in [-0.2, -0.15) is 0 Å². The van der Waals surface area contributed by atoms with E-state index in [2.05, 4.69) is 95.3 Å². The van der Waals surface area contributed by atoms with Crippen LogP contribution in [0.15, 0.2) is 79.0 Å². The molecule has 160 valence electrons. The molecule has 0 spiro atoms. The molecule has 0 aliphatic heterocycles. The van der Waals surface area contributed by atoms with E-state index in [1.807, 2.05) is 6.20 Å². The lowest BCUT2D eigenvalue weighted by molar-refractivity contribution is -0.125. The Hall–Kier alpha value is -3.66. The first-order valence-electron chi connectivity index (χ1n) is 11.2. The van der Waals surface area contributed by atoms with Crippen molar-refractivity contribution < 1.29 is 4.79 Å². The van der Waals surface area contributed by atoms with Crippen LogP contribution < -0.4 is 10.6 Å². The number of amides is 1. The molecule has 4 aromatic rings. The molecule has 5 rings (SSSR count). The van der Waals surface area contributed by atoms with Gasteiger partial charge in [0.05, 0.1) is 0 Å². The Morgan fingerprint density at radius 2 is 1.81 bits per heavy atom. The summed E-state index contributed by atoms with van der Waals surface area (Å²) in [6, 6.07) is 25.1. The molecule has 4 nitrogen and oxygen atoms in total. The molecule has 1 heterocycles. The van der Waals surface area contributed by atoms with E-state index < -0.39 is 0 Å². The topological polar surface area (TPSA) is 54.0 Å². The SMILES string of the molecule is Cc1ccc(CNC(=O)C2CCc3c(ccnc3Nc3ccc4ccccc4c3)C2)cc1. The average Bonchev–Trinajstić information content (AvgIpc) is 2.83. The number of aryl methyl sites for hydroxylation is 1. The summed E-state index contributed by atoms with van der Waals surface area (Å²) in [7, 11) is 0. The van der Waals surface area contributed by atoms with Crippen LogP contribution in [0.1, 0.15) is 28.7 Å². The van der Waals surface area contributed by atoms with Gasteiger partial charge in [0, 0.05) is 24.3 Å². The molecule has 3 aromatic carbocycles. The fourth-order valence-electron chi connectivity index (χ4n) is 4.46. The van der Waals surface area contributed by atoms with Crippen molar-refractivity contribution >= 4 is 28.2 Å². The standard InChI is InChI=1S/C28H27N3O/c1-19-6-8-20(9-7-19)18-30-28(32)24-11-13-26-23(16-24)14-15-29-27(26)31-25-12-10-21-4-2-3-5-22(21)17-25/h2-10,12,14-15,17,24H,11,13,16,18H2,1H3,(H,29,31)(H,30,32). The van der Waals surface area contributed by atoms with Gasteiger partial charge >= 0.3 is 0 Å². The molecule has 1 amide bonds. The van der Waals surface area contributed by atoms with Crippen molar-refractivity contribution in [2.45, 2.75) is 32.7 Å². The number of aromatic nitrogens is 1. The Labute approximate surface area is 188 Å². The summed E-state index contributed by atoms with van der Waals surface area (Å²) in [5.41, 5.74) is 5.83. The van der Waals surface area contributed by atoms with E-state index in [4.69, 9.17) is 0 Å². The van der Waals surface area contributed by atoms with Gasteiger partial charge in [0.2, 0.25) is 5.91 Å². The Morgan fingerprint density at radius 3 is 2.66 bits per heavy atom. The fraction of sp³-hybridized carbons (Fsp3) is 0.214. The predicted molar refractivity (Wildman–Crippen MR) is 130 cm³/mol. The van der Waals surface area contributed by atoms with Crippen molar-refractivity contribution in [3.05, 3.63) is 101 Å². The first-order valence-corrected chi connectivity index (χ1v) is 11.2. The molecule has 1 unspecified atom stereocenters.